The first-order valence-corrected chi connectivity index (χ1v) is 5.83. The summed E-state index contributed by atoms with van der Waals surface area (Å²) >= 11 is 0. The number of carbonyl (C=O) groups excluding carboxylic acids is 1. The highest BCUT2D eigenvalue weighted by Crippen LogP contribution is 2.02. The molecule has 0 bridgehead atoms. The second-order valence-electron chi connectivity index (χ2n) is 4.09. The van der Waals surface area contributed by atoms with Crippen molar-refractivity contribution in [1.82, 2.24) is 9.80 Å². The summed E-state index contributed by atoms with van der Waals surface area (Å²) in [6, 6.07) is 0. The van der Waals surface area contributed by atoms with Gasteiger partial charge in [-0.25, -0.2) is 0 Å². The molecule has 0 unspecified atom stereocenters. The fraction of sp³-hybridized carbons (Fsp3) is 0.909. The summed E-state index contributed by atoms with van der Waals surface area (Å²) in [6.45, 7) is 7.47. The lowest BCUT2D eigenvalue weighted by Gasteiger charge is -2.20. The number of carbonyl (C=O) groups is 1. The van der Waals surface area contributed by atoms with Gasteiger partial charge in [0.15, 0.2) is 0 Å². The monoisotopic (exact) mass is 214 g/mol. The highest BCUT2D eigenvalue weighted by atomic mass is 16.3. The molecule has 0 aromatic heterocycles. The molecule has 1 N–H and O–H groups in total. The lowest BCUT2D eigenvalue weighted by molar-refractivity contribution is -0.119. The molecule has 88 valence electrons. The second-order valence-corrected chi connectivity index (χ2v) is 4.09. The van der Waals surface area contributed by atoms with Crippen molar-refractivity contribution in [3.8, 4) is 0 Å². The van der Waals surface area contributed by atoms with E-state index in [0.717, 1.165) is 39.1 Å². The van der Waals surface area contributed by atoms with E-state index >= 15 is 0 Å². The zero-order valence-corrected chi connectivity index (χ0v) is 9.61. The quantitative estimate of drug-likeness (QED) is 0.698. The van der Waals surface area contributed by atoms with Crippen LogP contribution in [-0.4, -0.2) is 66.6 Å². The average Bonchev–Trinajstić information content (AvgIpc) is 2.45. The van der Waals surface area contributed by atoms with Crippen LogP contribution in [0.3, 0.4) is 0 Å². The van der Waals surface area contributed by atoms with Gasteiger partial charge in [-0.2, -0.15) is 0 Å². The standard InChI is InChI=1S/C11H22N2O2/c1-2-11(15)10-13-5-3-4-12(6-7-13)8-9-14/h14H,2-10H2,1H3. The van der Waals surface area contributed by atoms with Crippen LogP contribution in [0.5, 0.6) is 0 Å². The largest absolute Gasteiger partial charge is 0.395 e. The van der Waals surface area contributed by atoms with E-state index in [-0.39, 0.29) is 6.61 Å². The predicted octanol–water partition coefficient (Wildman–Crippen LogP) is -0.0345. The van der Waals surface area contributed by atoms with Gasteiger partial charge in [0.05, 0.1) is 13.2 Å². The van der Waals surface area contributed by atoms with E-state index < -0.39 is 0 Å². The maximum atomic E-state index is 11.3. The van der Waals surface area contributed by atoms with Crippen molar-refractivity contribution in [3.63, 3.8) is 0 Å². The van der Waals surface area contributed by atoms with Gasteiger partial charge in [-0.1, -0.05) is 6.92 Å². The SMILES string of the molecule is CCC(=O)CN1CCCN(CCO)CC1. The van der Waals surface area contributed by atoms with Crippen molar-refractivity contribution in [2.45, 2.75) is 19.8 Å². The number of β-amino-alcohol motifs (C(OH)–C–C–N with tert-alkyl or cyclic N) is 1. The van der Waals surface area contributed by atoms with Crippen molar-refractivity contribution in [2.75, 3.05) is 45.9 Å². The van der Waals surface area contributed by atoms with E-state index in [9.17, 15) is 4.79 Å². The summed E-state index contributed by atoms with van der Waals surface area (Å²) in [6.07, 6.45) is 1.73. The fourth-order valence-corrected chi connectivity index (χ4v) is 1.91. The molecule has 1 fully saturated rings. The minimum Gasteiger partial charge on any atom is -0.395 e. The van der Waals surface area contributed by atoms with E-state index in [1.54, 1.807) is 0 Å². The molecule has 0 radical (unpaired) electrons. The molecule has 4 heteroatoms. The minimum atomic E-state index is 0.230. The third kappa shape index (κ3) is 4.73. The molecule has 4 nitrogen and oxygen atoms in total. The first-order valence-electron chi connectivity index (χ1n) is 5.83. The van der Waals surface area contributed by atoms with Crippen LogP contribution in [0.2, 0.25) is 0 Å². The van der Waals surface area contributed by atoms with Crippen LogP contribution in [0, 0.1) is 0 Å². The van der Waals surface area contributed by atoms with Crippen LogP contribution >= 0.6 is 0 Å². The van der Waals surface area contributed by atoms with Gasteiger partial charge in [-0.05, 0) is 19.5 Å². The molecule has 0 saturated carbocycles. The summed E-state index contributed by atoms with van der Waals surface area (Å²) in [5.41, 5.74) is 0. The van der Waals surface area contributed by atoms with Crippen molar-refractivity contribution in [2.24, 2.45) is 0 Å². The van der Waals surface area contributed by atoms with Crippen molar-refractivity contribution in [1.29, 1.82) is 0 Å². The second kappa shape index (κ2) is 6.93. The summed E-state index contributed by atoms with van der Waals surface area (Å²) in [7, 11) is 0. The normalized spacial score (nSPS) is 20.1. The molecule has 0 aliphatic carbocycles. The molecular weight excluding hydrogens is 192 g/mol. The van der Waals surface area contributed by atoms with E-state index in [1.165, 1.54) is 0 Å². The number of rotatable bonds is 5. The molecule has 0 aromatic rings. The Kier molecular flexibility index (Phi) is 5.83. The predicted molar refractivity (Wildman–Crippen MR) is 59.9 cm³/mol. The van der Waals surface area contributed by atoms with Crippen LogP contribution < -0.4 is 0 Å². The van der Waals surface area contributed by atoms with Crippen molar-refractivity contribution >= 4 is 5.78 Å². The van der Waals surface area contributed by atoms with Crippen molar-refractivity contribution < 1.29 is 9.90 Å². The molecule has 0 aromatic carbocycles. The van der Waals surface area contributed by atoms with Crippen LogP contribution in [0.25, 0.3) is 0 Å². The number of aliphatic hydroxyl groups is 1. The van der Waals surface area contributed by atoms with Gasteiger partial charge in [-0.3, -0.25) is 14.6 Å². The smallest absolute Gasteiger partial charge is 0.146 e. The number of nitrogens with zero attached hydrogens (tertiary/aromatic N) is 2. The van der Waals surface area contributed by atoms with Gasteiger partial charge in [0.25, 0.3) is 0 Å². The topological polar surface area (TPSA) is 43.8 Å². The zero-order valence-electron chi connectivity index (χ0n) is 9.61. The highest BCUT2D eigenvalue weighted by molar-refractivity contribution is 5.80. The maximum absolute atomic E-state index is 11.3. The van der Waals surface area contributed by atoms with E-state index in [1.807, 2.05) is 6.92 Å². The zero-order chi connectivity index (χ0) is 11.1. The first-order chi connectivity index (χ1) is 7.26. The number of ketones is 1. The fourth-order valence-electron chi connectivity index (χ4n) is 1.91. The van der Waals surface area contributed by atoms with E-state index in [0.29, 0.717) is 18.7 Å². The Hall–Kier alpha value is -0.450. The molecule has 0 amide bonds. The molecule has 1 aliphatic rings. The summed E-state index contributed by atoms with van der Waals surface area (Å²) < 4.78 is 0. The van der Waals surface area contributed by atoms with Crippen LogP contribution in [-0.2, 0) is 4.79 Å². The van der Waals surface area contributed by atoms with Gasteiger partial charge in [0, 0.05) is 26.1 Å². The first kappa shape index (κ1) is 12.6. The average molecular weight is 214 g/mol. The lowest BCUT2D eigenvalue weighted by atomic mass is 10.3. The Morgan fingerprint density at radius 2 is 1.87 bits per heavy atom. The van der Waals surface area contributed by atoms with Gasteiger partial charge in [0.1, 0.15) is 5.78 Å². The van der Waals surface area contributed by atoms with E-state index in [4.69, 9.17) is 5.11 Å². The summed E-state index contributed by atoms with van der Waals surface area (Å²) in [5, 5.41) is 8.85. The number of aliphatic hydroxyl groups excluding tert-OH is 1. The Bertz CT molecular complexity index is 197. The minimum absolute atomic E-state index is 0.230. The molecule has 15 heavy (non-hydrogen) atoms. The molecule has 0 atom stereocenters. The van der Waals surface area contributed by atoms with Gasteiger partial charge in [-0.15, -0.1) is 0 Å². The van der Waals surface area contributed by atoms with Gasteiger partial charge in [0.2, 0.25) is 0 Å². The maximum Gasteiger partial charge on any atom is 0.146 e. The summed E-state index contributed by atoms with van der Waals surface area (Å²) in [5.74, 6) is 0.325. The van der Waals surface area contributed by atoms with Crippen LogP contribution in [0.4, 0.5) is 0 Å². The van der Waals surface area contributed by atoms with Crippen molar-refractivity contribution in [3.05, 3.63) is 0 Å². The van der Waals surface area contributed by atoms with Gasteiger partial charge < -0.3 is 5.11 Å². The third-order valence-electron chi connectivity index (χ3n) is 2.89. The molecule has 1 rings (SSSR count). The molecular formula is C11H22N2O2. The van der Waals surface area contributed by atoms with Crippen LogP contribution in [0.1, 0.15) is 19.8 Å². The molecule has 1 heterocycles. The Labute approximate surface area is 91.9 Å². The number of hydrogen-bond acceptors (Lipinski definition) is 4. The Morgan fingerprint density at radius 1 is 1.20 bits per heavy atom. The van der Waals surface area contributed by atoms with E-state index in [2.05, 4.69) is 9.80 Å². The number of hydrogen-bond donors (Lipinski definition) is 1. The third-order valence-corrected chi connectivity index (χ3v) is 2.89. The highest BCUT2D eigenvalue weighted by Gasteiger charge is 2.15. The molecule has 0 spiro atoms. The summed E-state index contributed by atoms with van der Waals surface area (Å²) in [4.78, 5) is 15.8. The number of Topliss-reactive ketones (excluding diaryl/α,β-unsaturated/α-hetero) is 1. The van der Waals surface area contributed by atoms with Crippen LogP contribution in [0.15, 0.2) is 0 Å². The Morgan fingerprint density at radius 3 is 2.53 bits per heavy atom. The lowest BCUT2D eigenvalue weighted by Crippen LogP contribution is -2.34. The Balaban J connectivity index is 2.29. The molecule has 1 aliphatic heterocycles. The van der Waals surface area contributed by atoms with Gasteiger partial charge >= 0.3 is 0 Å². The molecule has 1 saturated heterocycles.